The van der Waals surface area contributed by atoms with Crippen LogP contribution in [0.3, 0.4) is 0 Å². The first-order valence-corrected chi connectivity index (χ1v) is 6.97. The monoisotopic (exact) mass is 248 g/mol. The van der Waals surface area contributed by atoms with E-state index in [1.54, 1.807) is 0 Å². The summed E-state index contributed by atoms with van der Waals surface area (Å²) in [7, 11) is 0. The van der Waals surface area contributed by atoms with Crippen LogP contribution >= 0.6 is 11.3 Å². The fourth-order valence-electron chi connectivity index (χ4n) is 2.12. The summed E-state index contributed by atoms with van der Waals surface area (Å²) in [5.41, 5.74) is 6.92. The molecule has 0 radical (unpaired) electrons. The van der Waals surface area contributed by atoms with E-state index >= 15 is 0 Å². The van der Waals surface area contributed by atoms with Crippen molar-refractivity contribution >= 4 is 21.4 Å². The van der Waals surface area contributed by atoms with Gasteiger partial charge in [-0.25, -0.2) is 0 Å². The fourth-order valence-corrected chi connectivity index (χ4v) is 3.36. The van der Waals surface area contributed by atoms with E-state index in [0.717, 1.165) is 19.5 Å². The van der Waals surface area contributed by atoms with Crippen LogP contribution in [0.2, 0.25) is 0 Å². The molecule has 0 bridgehead atoms. The number of benzene rings is 1. The van der Waals surface area contributed by atoms with Gasteiger partial charge in [0.25, 0.3) is 0 Å². The van der Waals surface area contributed by atoms with Crippen LogP contribution in [-0.4, -0.2) is 13.1 Å². The van der Waals surface area contributed by atoms with Gasteiger partial charge in [-0.15, -0.1) is 11.3 Å². The average Bonchev–Trinajstić information content (AvgIpc) is 2.68. The molecule has 0 saturated heterocycles. The molecule has 2 nitrogen and oxygen atoms in total. The Morgan fingerprint density at radius 1 is 1.35 bits per heavy atom. The minimum atomic E-state index is 0.416. The van der Waals surface area contributed by atoms with Crippen LogP contribution in [0.5, 0.6) is 0 Å². The summed E-state index contributed by atoms with van der Waals surface area (Å²) in [6, 6.07) is 9.03. The second kappa shape index (κ2) is 5.63. The van der Waals surface area contributed by atoms with Crippen LogP contribution < -0.4 is 11.1 Å². The Morgan fingerprint density at radius 2 is 2.12 bits per heavy atom. The van der Waals surface area contributed by atoms with Crippen molar-refractivity contribution in [1.29, 1.82) is 0 Å². The van der Waals surface area contributed by atoms with Crippen LogP contribution in [0.15, 0.2) is 24.3 Å². The van der Waals surface area contributed by atoms with Gasteiger partial charge in [-0.05, 0) is 50.4 Å². The Labute approximate surface area is 107 Å². The number of nitrogens with one attached hydrogen (secondary N) is 1. The Bertz CT molecular complexity index is 490. The number of rotatable bonds is 5. The SMILES string of the molecule is Cc1c(C(C)NCCCN)sc2ccccc12. The van der Waals surface area contributed by atoms with E-state index in [0.29, 0.717) is 6.04 Å². The first kappa shape index (κ1) is 12.6. The van der Waals surface area contributed by atoms with Crippen LogP contribution in [0.1, 0.15) is 29.8 Å². The Kier molecular flexibility index (Phi) is 4.15. The Morgan fingerprint density at radius 3 is 2.82 bits per heavy atom. The topological polar surface area (TPSA) is 38.0 Å². The third-order valence-corrected chi connectivity index (χ3v) is 4.56. The van der Waals surface area contributed by atoms with Gasteiger partial charge >= 0.3 is 0 Å². The number of fused-ring (bicyclic) bond motifs is 1. The van der Waals surface area contributed by atoms with Crippen molar-refractivity contribution < 1.29 is 0 Å². The van der Waals surface area contributed by atoms with Crippen LogP contribution in [0, 0.1) is 6.92 Å². The molecule has 3 heteroatoms. The van der Waals surface area contributed by atoms with Gasteiger partial charge in [-0.1, -0.05) is 18.2 Å². The third-order valence-electron chi connectivity index (χ3n) is 3.11. The molecule has 1 unspecified atom stereocenters. The molecule has 17 heavy (non-hydrogen) atoms. The zero-order valence-corrected chi connectivity index (χ0v) is 11.3. The zero-order chi connectivity index (χ0) is 12.3. The van der Waals surface area contributed by atoms with Crippen LogP contribution in [0.25, 0.3) is 10.1 Å². The van der Waals surface area contributed by atoms with Gasteiger partial charge in [-0.3, -0.25) is 0 Å². The largest absolute Gasteiger partial charge is 0.330 e. The molecule has 0 spiro atoms. The molecular formula is C14H20N2S. The molecular weight excluding hydrogens is 228 g/mol. The predicted octanol–water partition coefficient (Wildman–Crippen LogP) is 3.21. The maximum absolute atomic E-state index is 5.51. The van der Waals surface area contributed by atoms with Crippen molar-refractivity contribution in [2.45, 2.75) is 26.3 Å². The minimum Gasteiger partial charge on any atom is -0.330 e. The molecule has 2 rings (SSSR count). The standard InChI is InChI=1S/C14H20N2S/c1-10-12-6-3-4-7-13(12)17-14(10)11(2)16-9-5-8-15/h3-4,6-7,11,16H,5,8-9,15H2,1-2H3. The summed E-state index contributed by atoms with van der Waals surface area (Å²) in [6.45, 7) is 6.19. The van der Waals surface area contributed by atoms with Crippen LogP contribution in [-0.2, 0) is 0 Å². The normalized spacial score (nSPS) is 13.1. The first-order valence-electron chi connectivity index (χ1n) is 6.15. The second-order valence-electron chi connectivity index (χ2n) is 4.41. The lowest BCUT2D eigenvalue weighted by Crippen LogP contribution is -2.21. The lowest BCUT2D eigenvalue weighted by Gasteiger charge is -2.12. The Hall–Kier alpha value is -0.900. The third kappa shape index (κ3) is 2.68. The summed E-state index contributed by atoms with van der Waals surface area (Å²) in [5.74, 6) is 0. The van der Waals surface area contributed by atoms with E-state index in [2.05, 4.69) is 43.4 Å². The minimum absolute atomic E-state index is 0.416. The van der Waals surface area contributed by atoms with Crippen molar-refractivity contribution in [1.82, 2.24) is 5.32 Å². The molecule has 1 heterocycles. The van der Waals surface area contributed by atoms with E-state index in [1.165, 1.54) is 20.5 Å². The molecule has 0 fully saturated rings. The van der Waals surface area contributed by atoms with Crippen molar-refractivity contribution in [2.75, 3.05) is 13.1 Å². The number of hydrogen-bond donors (Lipinski definition) is 2. The number of aryl methyl sites for hydroxylation is 1. The maximum atomic E-state index is 5.51. The summed E-state index contributed by atoms with van der Waals surface area (Å²) >= 11 is 1.90. The molecule has 1 aromatic carbocycles. The molecule has 0 aliphatic heterocycles. The van der Waals surface area contributed by atoms with Gasteiger partial charge in [0.1, 0.15) is 0 Å². The fraction of sp³-hybridized carbons (Fsp3) is 0.429. The molecule has 92 valence electrons. The first-order chi connectivity index (χ1) is 8.24. The maximum Gasteiger partial charge on any atom is 0.0389 e. The van der Waals surface area contributed by atoms with Gasteiger partial charge in [0.15, 0.2) is 0 Å². The Balaban J connectivity index is 2.20. The van der Waals surface area contributed by atoms with E-state index in [1.807, 2.05) is 11.3 Å². The van der Waals surface area contributed by atoms with Gasteiger partial charge < -0.3 is 11.1 Å². The van der Waals surface area contributed by atoms with Gasteiger partial charge in [-0.2, -0.15) is 0 Å². The van der Waals surface area contributed by atoms with Crippen molar-refractivity contribution in [3.05, 3.63) is 34.7 Å². The smallest absolute Gasteiger partial charge is 0.0389 e. The van der Waals surface area contributed by atoms with Crippen molar-refractivity contribution in [3.8, 4) is 0 Å². The van der Waals surface area contributed by atoms with Crippen LogP contribution in [0.4, 0.5) is 0 Å². The molecule has 0 aliphatic rings. The molecule has 0 saturated carbocycles. The zero-order valence-electron chi connectivity index (χ0n) is 10.5. The average molecular weight is 248 g/mol. The number of hydrogen-bond acceptors (Lipinski definition) is 3. The van der Waals surface area contributed by atoms with E-state index in [-0.39, 0.29) is 0 Å². The molecule has 2 aromatic rings. The van der Waals surface area contributed by atoms with E-state index in [9.17, 15) is 0 Å². The van der Waals surface area contributed by atoms with E-state index in [4.69, 9.17) is 5.73 Å². The summed E-state index contributed by atoms with van der Waals surface area (Å²) < 4.78 is 1.38. The second-order valence-corrected chi connectivity index (χ2v) is 5.49. The number of nitrogens with two attached hydrogens (primary N) is 1. The highest BCUT2D eigenvalue weighted by Gasteiger charge is 2.13. The van der Waals surface area contributed by atoms with Gasteiger partial charge in [0.2, 0.25) is 0 Å². The summed E-state index contributed by atoms with van der Waals surface area (Å²) in [5, 5.41) is 4.92. The highest BCUT2D eigenvalue weighted by Crippen LogP contribution is 2.34. The van der Waals surface area contributed by atoms with Gasteiger partial charge in [0, 0.05) is 15.6 Å². The summed E-state index contributed by atoms with van der Waals surface area (Å²) in [4.78, 5) is 1.45. The lowest BCUT2D eigenvalue weighted by molar-refractivity contribution is 0.567. The highest BCUT2D eigenvalue weighted by molar-refractivity contribution is 7.19. The van der Waals surface area contributed by atoms with E-state index < -0.39 is 0 Å². The molecule has 1 aromatic heterocycles. The van der Waals surface area contributed by atoms with Crippen molar-refractivity contribution in [2.24, 2.45) is 5.73 Å². The highest BCUT2D eigenvalue weighted by atomic mass is 32.1. The number of thiophene rings is 1. The summed E-state index contributed by atoms with van der Waals surface area (Å²) in [6.07, 6.45) is 1.04. The molecule has 0 aliphatic carbocycles. The molecule has 1 atom stereocenters. The molecule has 0 amide bonds. The predicted molar refractivity (Wildman–Crippen MR) is 76.7 cm³/mol. The molecule has 3 N–H and O–H groups in total. The lowest BCUT2D eigenvalue weighted by atomic mass is 10.1. The van der Waals surface area contributed by atoms with Gasteiger partial charge in [0.05, 0.1) is 0 Å². The quantitative estimate of drug-likeness (QED) is 0.797. The van der Waals surface area contributed by atoms with Crippen molar-refractivity contribution in [3.63, 3.8) is 0 Å².